The Bertz CT molecular complexity index is 1100. The second kappa shape index (κ2) is 6.94. The van der Waals surface area contributed by atoms with Crippen molar-refractivity contribution in [3.63, 3.8) is 0 Å². The molecule has 0 saturated heterocycles. The highest BCUT2D eigenvalue weighted by Gasteiger charge is 2.14. The molecule has 0 spiro atoms. The van der Waals surface area contributed by atoms with Crippen molar-refractivity contribution in [1.29, 1.82) is 0 Å². The van der Waals surface area contributed by atoms with Gasteiger partial charge in [0.05, 0.1) is 10.2 Å². The molecular weight excluding hydrogens is 388 g/mol. The summed E-state index contributed by atoms with van der Waals surface area (Å²) in [5.41, 5.74) is 2.85. The lowest BCUT2D eigenvalue weighted by molar-refractivity contribution is -0.114. The summed E-state index contributed by atoms with van der Waals surface area (Å²) in [7, 11) is 0. The first-order valence-corrected chi connectivity index (χ1v) is 10.2. The summed E-state index contributed by atoms with van der Waals surface area (Å²) in [5.74, 6) is -0.420. The van der Waals surface area contributed by atoms with Crippen molar-refractivity contribution in [1.82, 2.24) is 9.97 Å². The van der Waals surface area contributed by atoms with E-state index in [2.05, 4.69) is 20.6 Å². The third kappa shape index (κ3) is 3.50. The van der Waals surface area contributed by atoms with Crippen molar-refractivity contribution in [2.45, 2.75) is 6.92 Å². The molecule has 3 heterocycles. The molecule has 0 aliphatic heterocycles. The highest BCUT2D eigenvalue weighted by molar-refractivity contribution is 7.22. The van der Waals surface area contributed by atoms with Crippen LogP contribution in [-0.2, 0) is 4.79 Å². The predicted molar refractivity (Wildman–Crippen MR) is 107 cm³/mol. The van der Waals surface area contributed by atoms with Gasteiger partial charge in [0, 0.05) is 28.9 Å². The Hall–Kier alpha value is -2.62. The lowest BCUT2D eigenvalue weighted by Crippen LogP contribution is -2.11. The van der Waals surface area contributed by atoms with Gasteiger partial charge in [-0.15, -0.1) is 11.3 Å². The summed E-state index contributed by atoms with van der Waals surface area (Å²) >= 11 is 4.38. The lowest BCUT2D eigenvalue weighted by atomic mass is 10.3. The number of amides is 2. The van der Waals surface area contributed by atoms with E-state index in [0.717, 1.165) is 20.8 Å². The van der Waals surface area contributed by atoms with E-state index in [9.17, 15) is 9.59 Å². The topological polar surface area (TPSA) is 84.0 Å². The van der Waals surface area contributed by atoms with Crippen molar-refractivity contribution >= 4 is 66.9 Å². The first-order chi connectivity index (χ1) is 12.6. The van der Waals surface area contributed by atoms with Crippen LogP contribution in [0, 0.1) is 0 Å². The lowest BCUT2D eigenvalue weighted by Gasteiger charge is -1.99. The number of thiophene rings is 1. The van der Waals surface area contributed by atoms with Gasteiger partial charge in [-0.1, -0.05) is 11.3 Å². The molecule has 130 valence electrons. The fourth-order valence-corrected chi connectivity index (χ4v) is 4.73. The van der Waals surface area contributed by atoms with Crippen LogP contribution in [0.15, 0.2) is 40.4 Å². The van der Waals surface area contributed by atoms with E-state index < -0.39 is 0 Å². The third-order valence-corrected chi connectivity index (χ3v) is 5.94. The van der Waals surface area contributed by atoms with E-state index in [0.29, 0.717) is 16.5 Å². The van der Waals surface area contributed by atoms with Gasteiger partial charge in [0.15, 0.2) is 5.13 Å². The molecule has 0 saturated carbocycles. The predicted octanol–water partition coefficient (Wildman–Crippen LogP) is 4.69. The molecule has 0 aliphatic carbocycles. The quantitative estimate of drug-likeness (QED) is 0.520. The van der Waals surface area contributed by atoms with Gasteiger partial charge in [0.25, 0.3) is 5.91 Å². The van der Waals surface area contributed by atoms with Crippen LogP contribution in [0.25, 0.3) is 20.8 Å². The Labute approximate surface area is 160 Å². The van der Waals surface area contributed by atoms with Crippen LogP contribution in [0.3, 0.4) is 0 Å². The summed E-state index contributed by atoms with van der Waals surface area (Å²) in [4.78, 5) is 32.4. The van der Waals surface area contributed by atoms with E-state index in [1.54, 1.807) is 22.8 Å². The van der Waals surface area contributed by atoms with Crippen molar-refractivity contribution in [3.8, 4) is 10.6 Å². The molecule has 0 radical (unpaired) electrons. The zero-order chi connectivity index (χ0) is 18.1. The first-order valence-electron chi connectivity index (χ1n) is 7.56. The largest absolute Gasteiger partial charge is 0.326 e. The molecule has 0 atom stereocenters. The summed E-state index contributed by atoms with van der Waals surface area (Å²) in [6.07, 6.45) is 0. The smallest absolute Gasteiger partial charge is 0.276 e. The molecule has 0 fully saturated rings. The Morgan fingerprint density at radius 2 is 1.96 bits per heavy atom. The normalized spacial score (nSPS) is 10.8. The van der Waals surface area contributed by atoms with Crippen LogP contribution >= 0.6 is 34.0 Å². The number of hydrogen-bond acceptors (Lipinski definition) is 7. The van der Waals surface area contributed by atoms with Crippen LogP contribution in [-0.4, -0.2) is 21.8 Å². The van der Waals surface area contributed by atoms with Crippen LogP contribution in [0.4, 0.5) is 10.8 Å². The highest BCUT2D eigenvalue weighted by atomic mass is 32.1. The number of rotatable bonds is 4. The van der Waals surface area contributed by atoms with E-state index >= 15 is 0 Å². The number of hydrogen-bond donors (Lipinski definition) is 2. The molecule has 9 heteroatoms. The maximum atomic E-state index is 12.4. The molecule has 0 unspecified atom stereocenters. The van der Waals surface area contributed by atoms with Gasteiger partial charge in [-0.25, -0.2) is 9.97 Å². The fourth-order valence-electron chi connectivity index (χ4n) is 2.32. The summed E-state index contributed by atoms with van der Waals surface area (Å²) in [6, 6.07) is 7.40. The van der Waals surface area contributed by atoms with Crippen LogP contribution in [0.5, 0.6) is 0 Å². The van der Waals surface area contributed by atoms with Gasteiger partial charge in [0.2, 0.25) is 5.91 Å². The van der Waals surface area contributed by atoms with E-state index in [4.69, 9.17) is 0 Å². The molecule has 0 aliphatic rings. The maximum absolute atomic E-state index is 12.4. The van der Waals surface area contributed by atoms with Gasteiger partial charge in [-0.05, 0) is 29.6 Å². The highest BCUT2D eigenvalue weighted by Crippen LogP contribution is 2.29. The third-order valence-electron chi connectivity index (χ3n) is 3.43. The average Bonchev–Trinajstić information content (AvgIpc) is 3.33. The Morgan fingerprint density at radius 3 is 2.73 bits per heavy atom. The monoisotopic (exact) mass is 400 g/mol. The zero-order valence-corrected chi connectivity index (χ0v) is 15.9. The molecule has 0 bridgehead atoms. The number of nitrogens with zero attached hydrogens (tertiary/aromatic N) is 2. The number of carbonyl (C=O) groups is 2. The number of aromatic nitrogens is 2. The Kier molecular flexibility index (Phi) is 4.49. The summed E-state index contributed by atoms with van der Waals surface area (Å²) < 4.78 is 0.879. The second-order valence-corrected chi connectivity index (χ2v) is 8.06. The van der Waals surface area contributed by atoms with Crippen molar-refractivity contribution in [3.05, 3.63) is 46.1 Å². The van der Waals surface area contributed by atoms with Gasteiger partial charge >= 0.3 is 0 Å². The molecule has 6 nitrogen and oxygen atoms in total. The minimum atomic E-state index is -0.288. The molecule has 2 N–H and O–H groups in total. The molecule has 4 rings (SSSR count). The van der Waals surface area contributed by atoms with E-state index in [-0.39, 0.29) is 11.8 Å². The maximum Gasteiger partial charge on any atom is 0.276 e. The van der Waals surface area contributed by atoms with Gasteiger partial charge in [-0.2, -0.15) is 11.3 Å². The van der Waals surface area contributed by atoms with Gasteiger partial charge in [0.1, 0.15) is 10.7 Å². The Morgan fingerprint density at radius 1 is 1.08 bits per heavy atom. The molecule has 1 aromatic carbocycles. The number of nitrogens with one attached hydrogen (secondary N) is 2. The minimum absolute atomic E-state index is 0.132. The SMILES string of the molecule is CC(=O)Nc1ccc2nc(NC(=O)c3csc(-c4ccsc4)n3)sc2c1. The molecular formula is C17H12N4O2S3. The number of benzene rings is 1. The Balaban J connectivity index is 1.53. The van der Waals surface area contributed by atoms with Gasteiger partial charge < -0.3 is 5.32 Å². The van der Waals surface area contributed by atoms with Crippen molar-refractivity contribution in [2.24, 2.45) is 0 Å². The zero-order valence-electron chi connectivity index (χ0n) is 13.5. The van der Waals surface area contributed by atoms with Crippen LogP contribution in [0.2, 0.25) is 0 Å². The number of anilines is 2. The standard InChI is InChI=1S/C17H12N4O2S3/c1-9(22)18-11-2-3-12-14(6-11)26-17(20-12)21-15(23)13-8-25-16(19-13)10-4-5-24-7-10/h2-8H,1H3,(H,18,22)(H,20,21,23). The van der Waals surface area contributed by atoms with Crippen molar-refractivity contribution in [2.75, 3.05) is 10.6 Å². The molecule has 26 heavy (non-hydrogen) atoms. The van der Waals surface area contributed by atoms with Crippen LogP contribution in [0.1, 0.15) is 17.4 Å². The van der Waals surface area contributed by atoms with Crippen LogP contribution < -0.4 is 10.6 Å². The molecule has 3 aromatic heterocycles. The number of thiazole rings is 2. The first kappa shape index (κ1) is 16.8. The van der Waals surface area contributed by atoms with Crippen molar-refractivity contribution < 1.29 is 9.59 Å². The minimum Gasteiger partial charge on any atom is -0.326 e. The van der Waals surface area contributed by atoms with E-state index in [1.165, 1.54) is 29.6 Å². The molecule has 2 amide bonds. The fraction of sp³-hybridized carbons (Fsp3) is 0.0588. The summed E-state index contributed by atoms with van der Waals surface area (Å²) in [6.45, 7) is 1.46. The number of fused-ring (bicyclic) bond motifs is 1. The summed E-state index contributed by atoms with van der Waals surface area (Å²) in [5, 5.41) is 12.6. The average molecular weight is 401 g/mol. The van der Waals surface area contributed by atoms with E-state index in [1.807, 2.05) is 29.0 Å². The second-order valence-electron chi connectivity index (χ2n) is 5.39. The number of carbonyl (C=O) groups excluding carboxylic acids is 2. The van der Waals surface area contributed by atoms with Gasteiger partial charge in [-0.3, -0.25) is 14.9 Å². The molecule has 4 aromatic rings.